The number of halogens is 1. The zero-order valence-electron chi connectivity index (χ0n) is 9.74. The van der Waals surface area contributed by atoms with Crippen LogP contribution in [0.25, 0.3) is 0 Å². The van der Waals surface area contributed by atoms with Crippen molar-refractivity contribution >= 4 is 21.6 Å². The number of hydrogen-bond acceptors (Lipinski definition) is 3. The Bertz CT molecular complexity index is 449. The highest BCUT2D eigenvalue weighted by atomic mass is 35.5. The molecule has 0 atom stereocenters. The molecule has 4 nitrogen and oxygen atoms in total. The fraction of sp³-hybridized carbons (Fsp3) is 0.455. The van der Waals surface area contributed by atoms with Gasteiger partial charge in [-0.15, -0.1) is 0 Å². The van der Waals surface area contributed by atoms with Crippen LogP contribution in [0.5, 0.6) is 0 Å². The van der Waals surface area contributed by atoms with Crippen molar-refractivity contribution in [1.29, 1.82) is 0 Å². The second-order valence-electron chi connectivity index (χ2n) is 3.58. The molecule has 17 heavy (non-hydrogen) atoms. The molecule has 0 bridgehead atoms. The second kappa shape index (κ2) is 6.96. The minimum atomic E-state index is -3.24. The lowest BCUT2D eigenvalue weighted by Crippen LogP contribution is -2.31. The van der Waals surface area contributed by atoms with Gasteiger partial charge in [-0.1, -0.05) is 36.7 Å². The Hall–Kier alpha value is -0.620. The van der Waals surface area contributed by atoms with Crippen LogP contribution in [-0.4, -0.2) is 27.3 Å². The molecule has 1 aromatic carbocycles. The molecule has 0 radical (unpaired) electrons. The lowest BCUT2D eigenvalue weighted by atomic mass is 10.2. The summed E-state index contributed by atoms with van der Waals surface area (Å²) in [7, 11) is -3.24. The van der Waals surface area contributed by atoms with Crippen molar-refractivity contribution in [3.05, 3.63) is 34.9 Å². The van der Waals surface area contributed by atoms with Crippen LogP contribution in [0.4, 0.5) is 0 Å². The van der Waals surface area contributed by atoms with Gasteiger partial charge in [0.15, 0.2) is 0 Å². The van der Waals surface area contributed by atoms with Crippen molar-refractivity contribution in [2.45, 2.75) is 13.5 Å². The summed E-state index contributed by atoms with van der Waals surface area (Å²) in [5.41, 5.74) is 0.779. The maximum atomic E-state index is 11.6. The standard InChI is InChI=1S/C11H17ClN2O2S/c1-2-13-7-8-17(15,16)14-9-10-5-3-4-6-11(10)12/h3-6,13-14H,2,7-9H2,1H3. The van der Waals surface area contributed by atoms with Crippen LogP contribution in [0.3, 0.4) is 0 Å². The minimum Gasteiger partial charge on any atom is -0.316 e. The molecule has 6 heteroatoms. The van der Waals surface area contributed by atoms with Gasteiger partial charge in [-0.05, 0) is 18.2 Å². The maximum Gasteiger partial charge on any atom is 0.213 e. The maximum absolute atomic E-state index is 11.6. The molecule has 0 heterocycles. The fourth-order valence-electron chi connectivity index (χ4n) is 1.28. The van der Waals surface area contributed by atoms with Crippen molar-refractivity contribution in [2.75, 3.05) is 18.8 Å². The molecule has 0 saturated carbocycles. The van der Waals surface area contributed by atoms with Crippen molar-refractivity contribution in [1.82, 2.24) is 10.0 Å². The highest BCUT2D eigenvalue weighted by Gasteiger charge is 2.09. The molecule has 0 amide bonds. The third-order valence-corrected chi connectivity index (χ3v) is 3.93. The molecular formula is C11H17ClN2O2S. The lowest BCUT2D eigenvalue weighted by Gasteiger charge is -2.08. The molecule has 1 rings (SSSR count). The highest BCUT2D eigenvalue weighted by Crippen LogP contribution is 2.14. The van der Waals surface area contributed by atoms with Gasteiger partial charge in [0, 0.05) is 18.1 Å². The molecular weight excluding hydrogens is 260 g/mol. The summed E-state index contributed by atoms with van der Waals surface area (Å²) in [6.45, 7) is 3.38. The van der Waals surface area contributed by atoms with E-state index >= 15 is 0 Å². The number of rotatable bonds is 7. The van der Waals surface area contributed by atoms with Crippen LogP contribution in [0.15, 0.2) is 24.3 Å². The first-order valence-corrected chi connectivity index (χ1v) is 7.49. The predicted octanol–water partition coefficient (Wildman–Crippen LogP) is 1.37. The van der Waals surface area contributed by atoms with Gasteiger partial charge < -0.3 is 5.32 Å². The average molecular weight is 277 g/mol. The molecule has 0 unspecified atom stereocenters. The van der Waals surface area contributed by atoms with Gasteiger partial charge in [0.05, 0.1) is 5.75 Å². The topological polar surface area (TPSA) is 58.2 Å². The summed E-state index contributed by atoms with van der Waals surface area (Å²) >= 11 is 5.93. The molecule has 0 aliphatic carbocycles. The van der Waals surface area contributed by atoms with Gasteiger partial charge >= 0.3 is 0 Å². The van der Waals surface area contributed by atoms with Gasteiger partial charge in [0.2, 0.25) is 10.0 Å². The van der Waals surface area contributed by atoms with E-state index in [0.29, 0.717) is 11.6 Å². The first-order chi connectivity index (χ1) is 8.05. The molecule has 96 valence electrons. The smallest absolute Gasteiger partial charge is 0.213 e. The Morgan fingerprint density at radius 1 is 1.29 bits per heavy atom. The Morgan fingerprint density at radius 3 is 2.65 bits per heavy atom. The fourth-order valence-corrected chi connectivity index (χ4v) is 2.42. The van der Waals surface area contributed by atoms with E-state index in [1.165, 1.54) is 0 Å². The van der Waals surface area contributed by atoms with E-state index in [1.807, 2.05) is 19.1 Å². The number of sulfonamides is 1. The molecule has 0 aliphatic heterocycles. The van der Waals surface area contributed by atoms with Gasteiger partial charge in [0.1, 0.15) is 0 Å². The molecule has 0 fully saturated rings. The Kier molecular flexibility index (Phi) is 5.91. The third kappa shape index (κ3) is 5.50. The Labute approximate surface area is 107 Å². The SMILES string of the molecule is CCNCCS(=O)(=O)NCc1ccccc1Cl. The van der Waals surface area contributed by atoms with Crippen molar-refractivity contribution in [3.63, 3.8) is 0 Å². The highest BCUT2D eigenvalue weighted by molar-refractivity contribution is 7.89. The molecule has 0 aliphatic rings. The van der Waals surface area contributed by atoms with E-state index in [-0.39, 0.29) is 12.3 Å². The molecule has 0 aromatic heterocycles. The monoisotopic (exact) mass is 276 g/mol. The molecule has 1 aromatic rings. The number of hydrogen-bond donors (Lipinski definition) is 2. The van der Waals surface area contributed by atoms with Crippen molar-refractivity contribution < 1.29 is 8.42 Å². The molecule has 0 spiro atoms. The summed E-state index contributed by atoms with van der Waals surface area (Å²) in [6, 6.07) is 7.18. The van der Waals surface area contributed by atoms with E-state index < -0.39 is 10.0 Å². The summed E-state index contributed by atoms with van der Waals surface area (Å²) in [5.74, 6) is 0.0747. The summed E-state index contributed by atoms with van der Waals surface area (Å²) in [4.78, 5) is 0. The van der Waals surface area contributed by atoms with Crippen LogP contribution in [0.2, 0.25) is 5.02 Å². The zero-order valence-corrected chi connectivity index (χ0v) is 11.3. The van der Waals surface area contributed by atoms with Gasteiger partial charge in [0.25, 0.3) is 0 Å². The molecule has 0 saturated heterocycles. The quantitative estimate of drug-likeness (QED) is 0.740. The Morgan fingerprint density at radius 2 is 2.00 bits per heavy atom. The van der Waals surface area contributed by atoms with Gasteiger partial charge in [-0.25, -0.2) is 13.1 Å². The van der Waals surface area contributed by atoms with Crippen molar-refractivity contribution in [3.8, 4) is 0 Å². The largest absolute Gasteiger partial charge is 0.316 e. The first-order valence-electron chi connectivity index (χ1n) is 5.46. The Balaban J connectivity index is 2.47. The normalized spacial score (nSPS) is 11.6. The number of benzene rings is 1. The van der Waals surface area contributed by atoms with Gasteiger partial charge in [-0.3, -0.25) is 0 Å². The van der Waals surface area contributed by atoms with Crippen LogP contribution in [0.1, 0.15) is 12.5 Å². The second-order valence-corrected chi connectivity index (χ2v) is 5.92. The summed E-state index contributed by atoms with van der Waals surface area (Å²) < 4.78 is 25.7. The third-order valence-electron chi connectivity index (χ3n) is 2.24. The predicted molar refractivity (Wildman–Crippen MR) is 70.6 cm³/mol. The van der Waals surface area contributed by atoms with Crippen LogP contribution in [0, 0.1) is 0 Å². The van der Waals surface area contributed by atoms with E-state index in [9.17, 15) is 8.42 Å². The zero-order chi connectivity index (χ0) is 12.7. The van der Waals surface area contributed by atoms with E-state index in [2.05, 4.69) is 10.0 Å². The van der Waals surface area contributed by atoms with Crippen LogP contribution < -0.4 is 10.0 Å². The summed E-state index contributed by atoms with van der Waals surface area (Å²) in [5, 5.41) is 3.54. The lowest BCUT2D eigenvalue weighted by molar-refractivity contribution is 0.577. The average Bonchev–Trinajstić information content (AvgIpc) is 2.28. The van der Waals surface area contributed by atoms with Crippen LogP contribution >= 0.6 is 11.6 Å². The summed E-state index contributed by atoms with van der Waals surface area (Å²) in [6.07, 6.45) is 0. The van der Waals surface area contributed by atoms with E-state index in [4.69, 9.17) is 11.6 Å². The van der Waals surface area contributed by atoms with E-state index in [1.54, 1.807) is 12.1 Å². The molecule has 2 N–H and O–H groups in total. The minimum absolute atomic E-state index is 0.0747. The number of nitrogens with one attached hydrogen (secondary N) is 2. The van der Waals surface area contributed by atoms with Gasteiger partial charge in [-0.2, -0.15) is 0 Å². The van der Waals surface area contributed by atoms with Crippen molar-refractivity contribution in [2.24, 2.45) is 0 Å². The van der Waals surface area contributed by atoms with E-state index in [0.717, 1.165) is 12.1 Å². The van der Waals surface area contributed by atoms with Crippen LogP contribution in [-0.2, 0) is 16.6 Å². The first kappa shape index (κ1) is 14.4.